The molecule has 128 valence electrons. The summed E-state index contributed by atoms with van der Waals surface area (Å²) < 4.78 is 0. The van der Waals surface area contributed by atoms with Crippen LogP contribution in [0, 0.1) is 0 Å². The number of carboxylic acids is 2. The Morgan fingerprint density at radius 1 is 0.913 bits per heavy atom. The highest BCUT2D eigenvalue weighted by Crippen LogP contribution is 2.13. The van der Waals surface area contributed by atoms with Gasteiger partial charge in [0, 0.05) is 26.2 Å². The molecule has 0 radical (unpaired) electrons. The number of nitrogens with one attached hydrogen (secondary N) is 2. The SMILES string of the molecule is CCN(CC)c1nc(NCCC(=O)O)nc(NCCC(=O)O)n1. The monoisotopic (exact) mass is 326 g/mol. The number of rotatable bonds is 11. The van der Waals surface area contributed by atoms with Crippen LogP contribution in [0.1, 0.15) is 26.7 Å². The van der Waals surface area contributed by atoms with Crippen LogP contribution in [-0.4, -0.2) is 63.3 Å². The number of hydrogen-bond acceptors (Lipinski definition) is 8. The summed E-state index contributed by atoms with van der Waals surface area (Å²) in [4.78, 5) is 35.7. The Balaban J connectivity index is 2.87. The van der Waals surface area contributed by atoms with Crippen LogP contribution in [0.4, 0.5) is 17.8 Å². The summed E-state index contributed by atoms with van der Waals surface area (Å²) in [6.45, 7) is 5.69. The van der Waals surface area contributed by atoms with E-state index in [1.165, 1.54) is 0 Å². The summed E-state index contributed by atoms with van der Waals surface area (Å²) >= 11 is 0. The molecule has 1 rings (SSSR count). The zero-order valence-electron chi connectivity index (χ0n) is 13.2. The van der Waals surface area contributed by atoms with Crippen molar-refractivity contribution in [1.82, 2.24) is 15.0 Å². The van der Waals surface area contributed by atoms with Gasteiger partial charge in [0.25, 0.3) is 0 Å². The number of hydrogen-bond donors (Lipinski definition) is 4. The molecule has 10 nitrogen and oxygen atoms in total. The number of carbonyl (C=O) groups is 2. The second kappa shape index (κ2) is 9.38. The normalized spacial score (nSPS) is 10.2. The fourth-order valence-electron chi connectivity index (χ4n) is 1.73. The summed E-state index contributed by atoms with van der Waals surface area (Å²) in [6.07, 6.45) is -0.123. The quantitative estimate of drug-likeness (QED) is 0.454. The summed E-state index contributed by atoms with van der Waals surface area (Å²) in [6, 6.07) is 0. The Hall–Kier alpha value is -2.65. The first-order valence-corrected chi connectivity index (χ1v) is 7.38. The Morgan fingerprint density at radius 3 is 1.70 bits per heavy atom. The molecule has 0 saturated heterocycles. The number of nitrogens with zero attached hydrogens (tertiary/aromatic N) is 4. The number of aromatic nitrogens is 3. The predicted molar refractivity (Wildman–Crippen MR) is 84.9 cm³/mol. The van der Waals surface area contributed by atoms with Crippen LogP contribution in [0.3, 0.4) is 0 Å². The van der Waals surface area contributed by atoms with E-state index in [9.17, 15) is 9.59 Å². The Labute approximate surface area is 134 Å². The van der Waals surface area contributed by atoms with Gasteiger partial charge in [-0.25, -0.2) is 0 Å². The molecule has 1 aromatic rings. The van der Waals surface area contributed by atoms with Crippen molar-refractivity contribution < 1.29 is 19.8 Å². The lowest BCUT2D eigenvalue weighted by molar-refractivity contribution is -0.137. The van der Waals surface area contributed by atoms with Gasteiger partial charge in [0.1, 0.15) is 0 Å². The number of anilines is 3. The molecule has 10 heteroatoms. The van der Waals surface area contributed by atoms with E-state index in [1.54, 1.807) is 0 Å². The Morgan fingerprint density at radius 2 is 1.35 bits per heavy atom. The minimum Gasteiger partial charge on any atom is -0.481 e. The van der Waals surface area contributed by atoms with Crippen molar-refractivity contribution in [2.24, 2.45) is 0 Å². The van der Waals surface area contributed by atoms with Crippen LogP contribution in [0.5, 0.6) is 0 Å². The lowest BCUT2D eigenvalue weighted by Crippen LogP contribution is -2.26. The standard InChI is InChI=1S/C13H22N6O4/c1-3-19(4-2)13-17-11(14-7-5-9(20)21)16-12(18-13)15-8-6-10(22)23/h3-8H2,1-2H3,(H,20,21)(H,22,23)(H2,14,15,16,17,18). The van der Waals surface area contributed by atoms with Crippen LogP contribution >= 0.6 is 0 Å². The molecule has 0 amide bonds. The molecule has 23 heavy (non-hydrogen) atoms. The summed E-state index contributed by atoms with van der Waals surface area (Å²) in [5, 5.41) is 23.0. The van der Waals surface area contributed by atoms with Crippen molar-refractivity contribution in [3.8, 4) is 0 Å². The maximum Gasteiger partial charge on any atom is 0.305 e. The van der Waals surface area contributed by atoms with Gasteiger partial charge < -0.3 is 25.7 Å². The van der Waals surface area contributed by atoms with Crippen molar-refractivity contribution in [1.29, 1.82) is 0 Å². The molecule has 0 saturated carbocycles. The molecular weight excluding hydrogens is 304 g/mol. The first-order chi connectivity index (χ1) is 11.0. The van der Waals surface area contributed by atoms with Gasteiger partial charge in [-0.15, -0.1) is 0 Å². The zero-order chi connectivity index (χ0) is 17.2. The molecule has 0 aliphatic carbocycles. The van der Waals surface area contributed by atoms with E-state index in [4.69, 9.17) is 10.2 Å². The van der Waals surface area contributed by atoms with Gasteiger partial charge in [0.05, 0.1) is 12.8 Å². The maximum atomic E-state index is 10.6. The van der Waals surface area contributed by atoms with Crippen molar-refractivity contribution in [2.75, 3.05) is 41.7 Å². The van der Waals surface area contributed by atoms with E-state index in [-0.39, 0.29) is 37.8 Å². The summed E-state index contributed by atoms with van der Waals surface area (Å²) in [5.74, 6) is -0.895. The average molecular weight is 326 g/mol. The van der Waals surface area contributed by atoms with E-state index >= 15 is 0 Å². The lowest BCUT2D eigenvalue weighted by atomic mass is 10.4. The molecule has 1 heterocycles. The molecular formula is C13H22N6O4. The lowest BCUT2D eigenvalue weighted by Gasteiger charge is -2.19. The second-order valence-corrected chi connectivity index (χ2v) is 4.60. The van der Waals surface area contributed by atoms with Gasteiger partial charge in [-0.2, -0.15) is 15.0 Å². The van der Waals surface area contributed by atoms with Gasteiger partial charge in [-0.05, 0) is 13.8 Å². The zero-order valence-corrected chi connectivity index (χ0v) is 13.2. The molecule has 0 aliphatic heterocycles. The number of aliphatic carboxylic acids is 2. The summed E-state index contributed by atoms with van der Waals surface area (Å²) in [7, 11) is 0. The summed E-state index contributed by atoms with van der Waals surface area (Å²) in [5.41, 5.74) is 0. The highest BCUT2D eigenvalue weighted by Gasteiger charge is 2.11. The molecule has 0 aliphatic rings. The molecule has 0 atom stereocenters. The molecule has 0 fully saturated rings. The first-order valence-electron chi connectivity index (χ1n) is 7.38. The predicted octanol–water partition coefficient (Wildman–Crippen LogP) is 0.491. The van der Waals surface area contributed by atoms with Gasteiger partial charge in [0.2, 0.25) is 17.8 Å². The van der Waals surface area contributed by atoms with Crippen LogP contribution in [0.2, 0.25) is 0 Å². The highest BCUT2D eigenvalue weighted by atomic mass is 16.4. The Bertz CT molecular complexity index is 497. The van der Waals surface area contributed by atoms with Crippen LogP contribution in [0.25, 0.3) is 0 Å². The molecule has 0 bridgehead atoms. The molecule has 4 N–H and O–H groups in total. The van der Waals surface area contributed by atoms with Gasteiger partial charge in [-0.3, -0.25) is 9.59 Å². The molecule has 1 aromatic heterocycles. The molecule has 0 aromatic carbocycles. The van der Waals surface area contributed by atoms with E-state index in [0.717, 1.165) is 0 Å². The van der Waals surface area contributed by atoms with Crippen LogP contribution in [0.15, 0.2) is 0 Å². The fraction of sp³-hybridized carbons (Fsp3) is 0.615. The molecule has 0 unspecified atom stereocenters. The number of carboxylic acid groups (broad SMARTS) is 2. The first kappa shape index (κ1) is 18.4. The van der Waals surface area contributed by atoms with Crippen molar-refractivity contribution >= 4 is 29.8 Å². The largest absolute Gasteiger partial charge is 0.481 e. The van der Waals surface area contributed by atoms with E-state index < -0.39 is 11.9 Å². The molecule has 0 spiro atoms. The van der Waals surface area contributed by atoms with Crippen molar-refractivity contribution in [3.63, 3.8) is 0 Å². The van der Waals surface area contributed by atoms with E-state index in [1.807, 2.05) is 18.7 Å². The van der Waals surface area contributed by atoms with Gasteiger partial charge in [0.15, 0.2) is 0 Å². The fourth-order valence-corrected chi connectivity index (χ4v) is 1.73. The Kier molecular flexibility index (Phi) is 7.51. The average Bonchev–Trinajstić information content (AvgIpc) is 2.47. The smallest absolute Gasteiger partial charge is 0.305 e. The highest BCUT2D eigenvalue weighted by molar-refractivity contribution is 5.67. The third-order valence-electron chi connectivity index (χ3n) is 2.91. The third kappa shape index (κ3) is 6.76. The van der Waals surface area contributed by atoms with Gasteiger partial charge >= 0.3 is 11.9 Å². The topological polar surface area (TPSA) is 141 Å². The van der Waals surface area contributed by atoms with Crippen LogP contribution < -0.4 is 15.5 Å². The van der Waals surface area contributed by atoms with Crippen molar-refractivity contribution in [2.45, 2.75) is 26.7 Å². The second-order valence-electron chi connectivity index (χ2n) is 4.60. The van der Waals surface area contributed by atoms with Crippen molar-refractivity contribution in [3.05, 3.63) is 0 Å². The minimum atomic E-state index is -0.921. The minimum absolute atomic E-state index is 0.0614. The van der Waals surface area contributed by atoms with Gasteiger partial charge in [-0.1, -0.05) is 0 Å². The van der Waals surface area contributed by atoms with Crippen LogP contribution in [-0.2, 0) is 9.59 Å². The van der Waals surface area contributed by atoms with E-state index in [0.29, 0.717) is 19.0 Å². The van der Waals surface area contributed by atoms with E-state index in [2.05, 4.69) is 25.6 Å². The maximum absolute atomic E-state index is 10.6. The third-order valence-corrected chi connectivity index (χ3v) is 2.91.